The van der Waals surface area contributed by atoms with Crippen LogP contribution in [-0.4, -0.2) is 34.5 Å². The molecule has 0 aliphatic carbocycles. The minimum atomic E-state index is -0.383. The highest BCUT2D eigenvalue weighted by molar-refractivity contribution is 7.98. The first-order chi connectivity index (χ1) is 9.71. The number of rotatable bonds is 7. The lowest BCUT2D eigenvalue weighted by Gasteiger charge is -2.09. The highest BCUT2D eigenvalue weighted by Crippen LogP contribution is 2.26. The third kappa shape index (κ3) is 3.20. The van der Waals surface area contributed by atoms with Crippen molar-refractivity contribution >= 4 is 34.4 Å². The van der Waals surface area contributed by atoms with Crippen molar-refractivity contribution in [2.24, 2.45) is 0 Å². The first kappa shape index (κ1) is 15.4. The quantitative estimate of drug-likeness (QED) is 0.575. The van der Waals surface area contributed by atoms with Crippen molar-refractivity contribution < 1.29 is 9.13 Å². The molecule has 0 fully saturated rings. The summed E-state index contributed by atoms with van der Waals surface area (Å²) in [4.78, 5) is 4.49. The van der Waals surface area contributed by atoms with Crippen LogP contribution in [0.5, 0.6) is 5.75 Å². The summed E-state index contributed by atoms with van der Waals surface area (Å²) in [5.41, 5.74) is 1.57. The van der Waals surface area contributed by atoms with Crippen LogP contribution in [0.2, 0.25) is 0 Å². The molecule has 2 rings (SSSR count). The smallest absolute Gasteiger partial charge is 0.167 e. The Kier molecular flexibility index (Phi) is 5.54. The van der Waals surface area contributed by atoms with Crippen molar-refractivity contribution in [2.75, 3.05) is 25.0 Å². The Morgan fingerprint density at radius 2 is 2.25 bits per heavy atom. The lowest BCUT2D eigenvalue weighted by Crippen LogP contribution is -2.05. The van der Waals surface area contributed by atoms with E-state index in [2.05, 4.69) is 15.8 Å². The SMILES string of the molecule is COc1cc2c(cc1F)nc(CCCl)n2CCCSC. The minimum absolute atomic E-state index is 0.251. The third-order valence-electron chi connectivity index (χ3n) is 3.15. The van der Waals surface area contributed by atoms with Crippen LogP contribution in [-0.2, 0) is 13.0 Å². The van der Waals surface area contributed by atoms with Crippen LogP contribution in [0.15, 0.2) is 12.1 Å². The Bertz CT molecular complexity index is 588. The van der Waals surface area contributed by atoms with Gasteiger partial charge < -0.3 is 9.30 Å². The number of hydrogen-bond donors (Lipinski definition) is 0. The number of thioether (sulfide) groups is 1. The summed E-state index contributed by atoms with van der Waals surface area (Å²) in [6, 6.07) is 3.14. The molecule has 6 heteroatoms. The summed E-state index contributed by atoms with van der Waals surface area (Å²) in [6.07, 6.45) is 3.81. The van der Waals surface area contributed by atoms with Gasteiger partial charge in [0.2, 0.25) is 0 Å². The van der Waals surface area contributed by atoms with Gasteiger partial charge in [-0.3, -0.25) is 0 Å². The van der Waals surface area contributed by atoms with Crippen LogP contribution in [0.3, 0.4) is 0 Å². The van der Waals surface area contributed by atoms with Gasteiger partial charge in [-0.2, -0.15) is 11.8 Å². The monoisotopic (exact) mass is 316 g/mol. The largest absolute Gasteiger partial charge is 0.494 e. The number of aromatic nitrogens is 2. The van der Waals surface area contributed by atoms with Crippen LogP contribution < -0.4 is 4.74 Å². The van der Waals surface area contributed by atoms with Gasteiger partial charge in [0.1, 0.15) is 5.82 Å². The molecule has 110 valence electrons. The fourth-order valence-electron chi connectivity index (χ4n) is 2.22. The van der Waals surface area contributed by atoms with Crippen LogP contribution in [0.1, 0.15) is 12.2 Å². The first-order valence-corrected chi connectivity index (χ1v) is 8.41. The highest BCUT2D eigenvalue weighted by atomic mass is 35.5. The van der Waals surface area contributed by atoms with Crippen LogP contribution >= 0.6 is 23.4 Å². The van der Waals surface area contributed by atoms with Crippen molar-refractivity contribution in [3.63, 3.8) is 0 Å². The van der Waals surface area contributed by atoms with E-state index in [4.69, 9.17) is 16.3 Å². The molecule has 1 aromatic carbocycles. The minimum Gasteiger partial charge on any atom is -0.494 e. The number of halogens is 2. The summed E-state index contributed by atoms with van der Waals surface area (Å²) in [6.45, 7) is 0.859. The van der Waals surface area contributed by atoms with Gasteiger partial charge in [0.25, 0.3) is 0 Å². The van der Waals surface area contributed by atoms with Gasteiger partial charge in [-0.1, -0.05) is 0 Å². The molecule has 0 N–H and O–H groups in total. The molecule has 20 heavy (non-hydrogen) atoms. The van der Waals surface area contributed by atoms with Crippen LogP contribution in [0, 0.1) is 5.82 Å². The molecule has 0 saturated heterocycles. The number of ether oxygens (including phenoxy) is 1. The van der Waals surface area contributed by atoms with Gasteiger partial charge in [-0.05, 0) is 18.4 Å². The van der Waals surface area contributed by atoms with Crippen LogP contribution in [0.4, 0.5) is 4.39 Å². The van der Waals surface area contributed by atoms with Crippen molar-refractivity contribution in [2.45, 2.75) is 19.4 Å². The molecule has 0 atom stereocenters. The number of aryl methyl sites for hydroxylation is 2. The maximum absolute atomic E-state index is 13.7. The van der Waals surface area contributed by atoms with Gasteiger partial charge >= 0.3 is 0 Å². The molecule has 1 heterocycles. The molecular formula is C14H18ClFN2OS. The lowest BCUT2D eigenvalue weighted by atomic mass is 10.2. The molecule has 0 spiro atoms. The normalized spacial score (nSPS) is 11.2. The fraction of sp³-hybridized carbons (Fsp3) is 0.500. The number of benzene rings is 1. The zero-order valence-electron chi connectivity index (χ0n) is 11.7. The van der Waals surface area contributed by atoms with Crippen molar-refractivity contribution in [3.8, 4) is 5.75 Å². The Balaban J connectivity index is 2.45. The summed E-state index contributed by atoms with van der Waals surface area (Å²) in [5.74, 6) is 2.36. The Labute approximate surface area is 127 Å². The molecule has 0 bridgehead atoms. The van der Waals surface area contributed by atoms with Gasteiger partial charge in [0.15, 0.2) is 11.6 Å². The van der Waals surface area contributed by atoms with E-state index in [1.54, 1.807) is 6.07 Å². The second kappa shape index (κ2) is 7.18. The number of nitrogens with zero attached hydrogens (tertiary/aromatic N) is 2. The van der Waals surface area contributed by atoms with E-state index in [1.807, 2.05) is 11.8 Å². The molecule has 3 nitrogen and oxygen atoms in total. The van der Waals surface area contributed by atoms with E-state index < -0.39 is 0 Å². The van der Waals surface area contributed by atoms with Crippen molar-refractivity contribution in [1.29, 1.82) is 0 Å². The molecular weight excluding hydrogens is 299 g/mol. The predicted molar refractivity (Wildman–Crippen MR) is 83.7 cm³/mol. The standard InChI is InChI=1S/C14H18ClFN2OS/c1-19-13-9-12-11(8-10(13)16)17-14(4-5-15)18(12)6-3-7-20-2/h8-9H,3-7H2,1-2H3. The van der Waals surface area contributed by atoms with E-state index >= 15 is 0 Å². The number of methoxy groups -OCH3 is 1. The molecule has 0 aliphatic rings. The second-order valence-corrected chi connectivity index (χ2v) is 5.80. The van der Waals surface area contributed by atoms with Gasteiger partial charge in [0, 0.05) is 31.0 Å². The number of alkyl halides is 1. The Hall–Kier alpha value is -0.940. The van der Waals surface area contributed by atoms with E-state index in [9.17, 15) is 4.39 Å². The van der Waals surface area contributed by atoms with E-state index in [-0.39, 0.29) is 11.6 Å². The van der Waals surface area contributed by atoms with E-state index in [0.29, 0.717) is 17.8 Å². The summed E-state index contributed by atoms with van der Waals surface area (Å²) in [7, 11) is 1.47. The van der Waals surface area contributed by atoms with Crippen LogP contribution in [0.25, 0.3) is 11.0 Å². The zero-order valence-corrected chi connectivity index (χ0v) is 13.2. The average molecular weight is 317 g/mol. The van der Waals surface area contributed by atoms with Gasteiger partial charge in [-0.25, -0.2) is 9.37 Å². The average Bonchev–Trinajstić information content (AvgIpc) is 2.75. The molecule has 0 radical (unpaired) electrons. The summed E-state index contributed by atoms with van der Waals surface area (Å²) in [5, 5.41) is 0. The maximum atomic E-state index is 13.7. The second-order valence-electron chi connectivity index (χ2n) is 4.44. The Morgan fingerprint density at radius 1 is 1.45 bits per heavy atom. The molecule has 0 aliphatic heterocycles. The topological polar surface area (TPSA) is 27.1 Å². The van der Waals surface area contributed by atoms with Gasteiger partial charge in [0.05, 0.1) is 18.1 Å². The number of imidazole rings is 1. The van der Waals surface area contributed by atoms with E-state index in [0.717, 1.165) is 30.1 Å². The first-order valence-electron chi connectivity index (χ1n) is 6.48. The summed E-state index contributed by atoms with van der Waals surface area (Å²) < 4.78 is 20.9. The molecule has 0 amide bonds. The number of fused-ring (bicyclic) bond motifs is 1. The van der Waals surface area contributed by atoms with Crippen molar-refractivity contribution in [3.05, 3.63) is 23.8 Å². The highest BCUT2D eigenvalue weighted by Gasteiger charge is 2.14. The van der Waals surface area contributed by atoms with Crippen molar-refractivity contribution in [1.82, 2.24) is 9.55 Å². The molecule has 0 saturated carbocycles. The molecule has 0 unspecified atom stereocenters. The zero-order chi connectivity index (χ0) is 14.5. The predicted octanol–water partition coefficient (Wildman–Crippen LogP) is 3.72. The maximum Gasteiger partial charge on any atom is 0.167 e. The molecule has 2 aromatic rings. The van der Waals surface area contributed by atoms with E-state index in [1.165, 1.54) is 13.2 Å². The Morgan fingerprint density at radius 3 is 2.90 bits per heavy atom. The molecule has 1 aromatic heterocycles. The summed E-state index contributed by atoms with van der Waals surface area (Å²) >= 11 is 7.64. The lowest BCUT2D eigenvalue weighted by molar-refractivity contribution is 0.387. The third-order valence-corrected chi connectivity index (χ3v) is 4.04. The van der Waals surface area contributed by atoms with Gasteiger partial charge in [-0.15, -0.1) is 11.6 Å². The number of hydrogen-bond acceptors (Lipinski definition) is 3. The fourth-order valence-corrected chi connectivity index (χ4v) is 2.81.